The van der Waals surface area contributed by atoms with Gasteiger partial charge in [0.2, 0.25) is 0 Å². The van der Waals surface area contributed by atoms with Gasteiger partial charge in [-0.3, -0.25) is 18.9 Å². The van der Waals surface area contributed by atoms with E-state index in [0.717, 1.165) is 12.0 Å². The molecule has 7 nitrogen and oxygen atoms in total. The fourth-order valence-electron chi connectivity index (χ4n) is 4.19. The Hall–Kier alpha value is -2.23. The Balaban J connectivity index is 1.89. The summed E-state index contributed by atoms with van der Waals surface area (Å²) in [5.41, 5.74) is 1.73. The summed E-state index contributed by atoms with van der Waals surface area (Å²) in [6.07, 6.45) is 4.20. The van der Waals surface area contributed by atoms with Crippen molar-refractivity contribution in [2.45, 2.75) is 59.3 Å². The first-order chi connectivity index (χ1) is 15.2. The molecule has 0 bridgehead atoms. The van der Waals surface area contributed by atoms with Crippen LogP contribution in [0.25, 0.3) is 11.7 Å². The molecule has 0 aromatic carbocycles. The van der Waals surface area contributed by atoms with Gasteiger partial charge in [0.05, 0.1) is 22.7 Å². The molecule has 2 saturated heterocycles. The van der Waals surface area contributed by atoms with Gasteiger partial charge < -0.3 is 9.64 Å². The summed E-state index contributed by atoms with van der Waals surface area (Å²) in [4.78, 5) is 35.8. The molecule has 4 rings (SSSR count). The highest BCUT2D eigenvalue weighted by atomic mass is 32.2. The number of hydrogen-bond acceptors (Lipinski definition) is 7. The molecule has 2 aliphatic rings. The minimum Gasteiger partial charge on any atom is -0.372 e. The number of anilines is 1. The number of amides is 1. The average Bonchev–Trinajstić information content (AvgIpc) is 3.02. The molecule has 9 heteroatoms. The Morgan fingerprint density at radius 1 is 1.31 bits per heavy atom. The average molecular weight is 473 g/mol. The lowest BCUT2D eigenvalue weighted by Crippen LogP contribution is -2.46. The Morgan fingerprint density at radius 3 is 2.66 bits per heavy atom. The van der Waals surface area contributed by atoms with Crippen LogP contribution in [0.2, 0.25) is 0 Å². The van der Waals surface area contributed by atoms with Crippen molar-refractivity contribution >= 4 is 51.7 Å². The fraction of sp³-hybridized carbons (Fsp3) is 0.478. The van der Waals surface area contributed by atoms with E-state index in [2.05, 4.69) is 4.90 Å². The second-order valence-electron chi connectivity index (χ2n) is 8.51. The minimum atomic E-state index is -0.200. The van der Waals surface area contributed by atoms with Gasteiger partial charge in [0.15, 0.2) is 0 Å². The van der Waals surface area contributed by atoms with E-state index in [1.54, 1.807) is 21.6 Å². The van der Waals surface area contributed by atoms with Crippen molar-refractivity contribution in [3.05, 3.63) is 44.7 Å². The lowest BCUT2D eigenvalue weighted by molar-refractivity contribution is -0.123. The highest BCUT2D eigenvalue weighted by Crippen LogP contribution is 2.35. The molecule has 32 heavy (non-hydrogen) atoms. The monoisotopic (exact) mass is 472 g/mol. The SMILES string of the molecule is CC[C@H](C)N1C(=O)/C(=C\c2c(N3C[C@@H](C)O[C@@H](C)C3)nc3c(C)cccn3c2=O)SC1=S. The van der Waals surface area contributed by atoms with Crippen molar-refractivity contribution in [1.29, 1.82) is 0 Å². The molecule has 0 N–H and O–H groups in total. The number of carbonyl (C=O) groups is 1. The van der Waals surface area contributed by atoms with Gasteiger partial charge in [0.25, 0.3) is 11.5 Å². The summed E-state index contributed by atoms with van der Waals surface area (Å²) in [6.45, 7) is 11.2. The van der Waals surface area contributed by atoms with Crippen molar-refractivity contribution in [3.8, 4) is 0 Å². The van der Waals surface area contributed by atoms with E-state index in [0.29, 0.717) is 39.3 Å². The number of hydrogen-bond donors (Lipinski definition) is 0. The Bertz CT molecular complexity index is 1170. The number of carbonyl (C=O) groups excluding carboxylic acids is 1. The number of aryl methyl sites for hydroxylation is 1. The van der Waals surface area contributed by atoms with Crippen LogP contribution in [0.4, 0.5) is 5.82 Å². The van der Waals surface area contributed by atoms with E-state index in [9.17, 15) is 9.59 Å². The van der Waals surface area contributed by atoms with Crippen LogP contribution in [0.15, 0.2) is 28.0 Å². The van der Waals surface area contributed by atoms with Crippen LogP contribution >= 0.6 is 24.0 Å². The molecule has 1 amide bonds. The van der Waals surface area contributed by atoms with Crippen LogP contribution in [0.3, 0.4) is 0 Å². The topological polar surface area (TPSA) is 67.2 Å². The fourth-order valence-corrected chi connectivity index (χ4v) is 5.64. The normalized spacial score (nSPS) is 24.1. The maximum absolute atomic E-state index is 13.6. The highest BCUT2D eigenvalue weighted by molar-refractivity contribution is 8.26. The second kappa shape index (κ2) is 8.96. The van der Waals surface area contributed by atoms with Gasteiger partial charge >= 0.3 is 0 Å². The van der Waals surface area contributed by atoms with Gasteiger partial charge in [-0.2, -0.15) is 0 Å². The third kappa shape index (κ3) is 4.09. The van der Waals surface area contributed by atoms with E-state index >= 15 is 0 Å². The smallest absolute Gasteiger partial charge is 0.267 e. The molecule has 3 atom stereocenters. The van der Waals surface area contributed by atoms with Gasteiger partial charge in [0, 0.05) is 25.3 Å². The maximum atomic E-state index is 13.6. The maximum Gasteiger partial charge on any atom is 0.267 e. The van der Waals surface area contributed by atoms with Crippen molar-refractivity contribution in [3.63, 3.8) is 0 Å². The van der Waals surface area contributed by atoms with Gasteiger partial charge in [-0.1, -0.05) is 37.0 Å². The van der Waals surface area contributed by atoms with Crippen LogP contribution in [0, 0.1) is 6.92 Å². The second-order valence-corrected chi connectivity index (χ2v) is 10.2. The third-order valence-electron chi connectivity index (χ3n) is 5.91. The largest absolute Gasteiger partial charge is 0.372 e. The molecule has 2 aromatic rings. The van der Waals surface area contributed by atoms with Crippen LogP contribution in [0.1, 0.15) is 45.2 Å². The zero-order valence-corrected chi connectivity index (χ0v) is 20.6. The summed E-state index contributed by atoms with van der Waals surface area (Å²) in [7, 11) is 0. The van der Waals surface area contributed by atoms with Crippen molar-refractivity contribution in [1.82, 2.24) is 14.3 Å². The summed E-state index contributed by atoms with van der Waals surface area (Å²) < 4.78 is 7.96. The first kappa shape index (κ1) is 22.9. The molecule has 0 saturated carbocycles. The molecular formula is C23H28N4O3S2. The van der Waals surface area contributed by atoms with E-state index in [-0.39, 0.29) is 29.7 Å². The van der Waals surface area contributed by atoms with Gasteiger partial charge in [-0.05, 0) is 51.8 Å². The molecule has 0 spiro atoms. The molecule has 170 valence electrons. The summed E-state index contributed by atoms with van der Waals surface area (Å²) in [5, 5.41) is 0. The predicted octanol–water partition coefficient (Wildman–Crippen LogP) is 3.62. The Morgan fingerprint density at radius 2 is 2.00 bits per heavy atom. The van der Waals surface area contributed by atoms with Gasteiger partial charge in [0.1, 0.15) is 15.8 Å². The molecule has 2 fully saturated rings. The van der Waals surface area contributed by atoms with Crippen LogP contribution in [-0.4, -0.2) is 55.9 Å². The van der Waals surface area contributed by atoms with E-state index < -0.39 is 0 Å². The molecule has 4 heterocycles. The lowest BCUT2D eigenvalue weighted by atomic mass is 10.1. The molecule has 0 radical (unpaired) electrons. The first-order valence-electron chi connectivity index (χ1n) is 10.9. The molecule has 2 aromatic heterocycles. The first-order valence-corrected chi connectivity index (χ1v) is 12.1. The predicted molar refractivity (Wildman–Crippen MR) is 133 cm³/mol. The van der Waals surface area contributed by atoms with E-state index in [1.807, 2.05) is 46.8 Å². The molecule has 2 aliphatic heterocycles. The number of thioether (sulfide) groups is 1. The number of ether oxygens (including phenoxy) is 1. The summed E-state index contributed by atoms with van der Waals surface area (Å²) in [5.74, 6) is 0.429. The van der Waals surface area contributed by atoms with E-state index in [1.165, 1.54) is 11.8 Å². The van der Waals surface area contributed by atoms with Crippen molar-refractivity contribution < 1.29 is 9.53 Å². The molecular weight excluding hydrogens is 444 g/mol. The number of nitrogens with zero attached hydrogens (tertiary/aromatic N) is 4. The zero-order chi connectivity index (χ0) is 23.2. The number of rotatable bonds is 4. The minimum absolute atomic E-state index is 0.00675. The number of aromatic nitrogens is 2. The molecule has 0 aliphatic carbocycles. The van der Waals surface area contributed by atoms with Crippen molar-refractivity contribution in [2.75, 3.05) is 18.0 Å². The van der Waals surface area contributed by atoms with Gasteiger partial charge in [-0.15, -0.1) is 0 Å². The van der Waals surface area contributed by atoms with Crippen LogP contribution in [0.5, 0.6) is 0 Å². The summed E-state index contributed by atoms with van der Waals surface area (Å²) in [6, 6.07) is 3.77. The Kier molecular flexibility index (Phi) is 6.42. The van der Waals surface area contributed by atoms with Crippen LogP contribution < -0.4 is 10.5 Å². The molecule has 0 unspecified atom stereocenters. The lowest BCUT2D eigenvalue weighted by Gasteiger charge is -2.36. The zero-order valence-electron chi connectivity index (χ0n) is 19.0. The number of morpholine rings is 1. The van der Waals surface area contributed by atoms with Crippen molar-refractivity contribution in [2.24, 2.45) is 0 Å². The van der Waals surface area contributed by atoms with Crippen LogP contribution in [-0.2, 0) is 9.53 Å². The number of fused-ring (bicyclic) bond motifs is 1. The standard InChI is InChI=1S/C23H28N4O3S2/c1-6-14(3)27-22(29)18(32-23(27)31)10-17-20(25-11-15(4)30-16(5)12-25)24-19-13(2)8-7-9-26(19)21(17)28/h7-10,14-16H,6,11-12H2,1-5H3/b18-10+/t14-,15-,16+/m0/s1. The number of pyridine rings is 1. The van der Waals surface area contributed by atoms with E-state index in [4.69, 9.17) is 21.9 Å². The van der Waals surface area contributed by atoms with Gasteiger partial charge in [-0.25, -0.2) is 4.98 Å². The Labute approximate surface area is 197 Å². The summed E-state index contributed by atoms with van der Waals surface area (Å²) >= 11 is 6.71. The quantitative estimate of drug-likeness (QED) is 0.497. The number of thiocarbonyl (C=S) groups is 1. The third-order valence-corrected chi connectivity index (χ3v) is 7.24. The highest BCUT2D eigenvalue weighted by Gasteiger charge is 2.35.